The summed E-state index contributed by atoms with van der Waals surface area (Å²) >= 11 is 0. The number of nitrogens with zero attached hydrogens (tertiary/aromatic N) is 1. The van der Waals surface area contributed by atoms with Crippen LogP contribution in [0.4, 0.5) is 5.69 Å². The van der Waals surface area contributed by atoms with Gasteiger partial charge < -0.3 is 18.8 Å². The van der Waals surface area contributed by atoms with Crippen LogP contribution < -0.4 is 15.3 Å². The molecule has 0 saturated heterocycles. The van der Waals surface area contributed by atoms with Gasteiger partial charge in [0.15, 0.2) is 6.73 Å². The lowest BCUT2D eigenvalue weighted by atomic mass is 9.97. The summed E-state index contributed by atoms with van der Waals surface area (Å²) in [6.45, 7) is 5.21. The van der Waals surface area contributed by atoms with E-state index in [9.17, 15) is 9.59 Å². The smallest absolute Gasteiger partial charge is 0.340 e. The van der Waals surface area contributed by atoms with Gasteiger partial charge in [0.25, 0.3) is 0 Å². The summed E-state index contributed by atoms with van der Waals surface area (Å²) in [5.41, 5.74) is 5.16. The quantitative estimate of drug-likeness (QED) is 0.270. The van der Waals surface area contributed by atoms with Crippen LogP contribution in [-0.2, 0) is 17.7 Å². The number of carbonyl (C=O) groups excluding carboxylic acids is 1. The number of aryl methyl sites for hydroxylation is 1. The van der Waals surface area contributed by atoms with Crippen LogP contribution in [0.5, 0.6) is 5.75 Å². The van der Waals surface area contributed by atoms with Crippen LogP contribution in [0.1, 0.15) is 46.0 Å². The topological polar surface area (TPSA) is 69.0 Å². The van der Waals surface area contributed by atoms with Crippen LogP contribution in [0.15, 0.2) is 75.9 Å². The maximum absolute atomic E-state index is 13.0. The Labute approximate surface area is 203 Å². The second kappa shape index (κ2) is 9.66. The largest absolute Gasteiger partial charge is 0.473 e. The molecule has 1 aliphatic rings. The van der Waals surface area contributed by atoms with Crippen molar-refractivity contribution in [1.29, 1.82) is 0 Å². The monoisotopic (exact) mass is 469 g/mol. The zero-order valence-corrected chi connectivity index (χ0v) is 19.9. The van der Waals surface area contributed by atoms with Gasteiger partial charge >= 0.3 is 11.6 Å². The fourth-order valence-corrected chi connectivity index (χ4v) is 4.42. The third-order valence-electron chi connectivity index (χ3n) is 6.37. The number of esters is 1. The molecule has 0 unspecified atom stereocenters. The van der Waals surface area contributed by atoms with Gasteiger partial charge in [0.05, 0.1) is 24.3 Å². The summed E-state index contributed by atoms with van der Waals surface area (Å²) in [6.07, 6.45) is 1.31. The summed E-state index contributed by atoms with van der Waals surface area (Å²) in [7, 11) is 0. The number of ether oxygens (including phenoxy) is 2. The van der Waals surface area contributed by atoms with Crippen LogP contribution in [0.25, 0.3) is 11.0 Å². The molecule has 178 valence electrons. The Morgan fingerprint density at radius 1 is 1.03 bits per heavy atom. The molecule has 0 spiro atoms. The Hall–Kier alpha value is -4.06. The molecule has 0 atom stereocenters. The normalized spacial score (nSPS) is 12.8. The maximum Gasteiger partial charge on any atom is 0.340 e. The highest BCUT2D eigenvalue weighted by Crippen LogP contribution is 2.35. The van der Waals surface area contributed by atoms with E-state index < -0.39 is 0 Å². The van der Waals surface area contributed by atoms with Gasteiger partial charge in [-0.05, 0) is 60.9 Å². The lowest BCUT2D eigenvalue weighted by Crippen LogP contribution is -2.32. The molecular formula is C29H27NO5. The van der Waals surface area contributed by atoms with Crippen LogP contribution in [0.3, 0.4) is 0 Å². The van der Waals surface area contributed by atoms with E-state index in [1.807, 2.05) is 73.3 Å². The van der Waals surface area contributed by atoms with Crippen molar-refractivity contribution in [2.45, 2.75) is 33.2 Å². The van der Waals surface area contributed by atoms with Gasteiger partial charge in [-0.15, -0.1) is 0 Å². The van der Waals surface area contributed by atoms with E-state index >= 15 is 0 Å². The van der Waals surface area contributed by atoms with Crippen molar-refractivity contribution in [1.82, 2.24) is 0 Å². The molecule has 4 aromatic rings. The van der Waals surface area contributed by atoms with Crippen LogP contribution in [0.2, 0.25) is 0 Å². The van der Waals surface area contributed by atoms with E-state index in [1.165, 1.54) is 0 Å². The standard InChI is InChI=1S/C29H27NO5/c1-3-15-33-28(31)21-9-11-22(12-10-21)30-17-25-26(34-18-30)14-13-23-19(2)24(29(32)35-27(23)25)16-20-7-5-4-6-8-20/h4-14H,3,15-18H2,1-2H3. The van der Waals surface area contributed by atoms with E-state index in [4.69, 9.17) is 13.9 Å². The molecule has 3 aromatic carbocycles. The molecule has 0 bridgehead atoms. The number of fused-ring (bicyclic) bond motifs is 3. The van der Waals surface area contributed by atoms with Crippen molar-refractivity contribution in [2.75, 3.05) is 18.2 Å². The second-order valence-electron chi connectivity index (χ2n) is 8.73. The Morgan fingerprint density at radius 3 is 2.54 bits per heavy atom. The summed E-state index contributed by atoms with van der Waals surface area (Å²) in [5, 5.41) is 0.911. The SMILES string of the molecule is CCCOC(=O)c1ccc(N2COc3ccc4c(C)c(Cc5ccccc5)c(=O)oc4c3C2)cc1. The highest BCUT2D eigenvalue weighted by Gasteiger charge is 2.24. The average Bonchev–Trinajstić information content (AvgIpc) is 2.90. The first-order valence-electron chi connectivity index (χ1n) is 11.8. The lowest BCUT2D eigenvalue weighted by molar-refractivity contribution is 0.0505. The zero-order valence-electron chi connectivity index (χ0n) is 19.9. The summed E-state index contributed by atoms with van der Waals surface area (Å²) in [6, 6.07) is 21.1. The zero-order chi connectivity index (χ0) is 24.4. The lowest BCUT2D eigenvalue weighted by Gasteiger charge is -2.31. The van der Waals surface area contributed by atoms with E-state index in [0.717, 1.165) is 34.2 Å². The first kappa shape index (κ1) is 22.7. The average molecular weight is 470 g/mol. The summed E-state index contributed by atoms with van der Waals surface area (Å²) in [5.74, 6) is 0.389. The number of carbonyl (C=O) groups is 1. The highest BCUT2D eigenvalue weighted by molar-refractivity contribution is 5.90. The van der Waals surface area contributed by atoms with Crippen molar-refractivity contribution in [3.63, 3.8) is 0 Å². The minimum atomic E-state index is -0.326. The van der Waals surface area contributed by atoms with E-state index in [1.54, 1.807) is 12.1 Å². The third-order valence-corrected chi connectivity index (χ3v) is 6.37. The van der Waals surface area contributed by atoms with Gasteiger partial charge in [-0.3, -0.25) is 0 Å². The molecule has 0 aliphatic carbocycles. The highest BCUT2D eigenvalue weighted by atomic mass is 16.5. The van der Waals surface area contributed by atoms with Crippen molar-refractivity contribution in [3.05, 3.63) is 105 Å². The molecule has 0 fully saturated rings. The summed E-state index contributed by atoms with van der Waals surface area (Å²) in [4.78, 5) is 27.2. The molecule has 5 rings (SSSR count). The molecule has 0 N–H and O–H groups in total. The molecule has 0 amide bonds. The summed E-state index contributed by atoms with van der Waals surface area (Å²) < 4.78 is 17.1. The molecule has 0 saturated carbocycles. The number of hydrogen-bond acceptors (Lipinski definition) is 6. The number of hydrogen-bond donors (Lipinski definition) is 0. The predicted molar refractivity (Wildman–Crippen MR) is 135 cm³/mol. The molecule has 6 heteroatoms. The van der Waals surface area contributed by atoms with Gasteiger partial charge in [0, 0.05) is 23.1 Å². The fraction of sp³-hybridized carbons (Fsp3) is 0.241. The minimum absolute atomic E-state index is 0.320. The van der Waals surface area contributed by atoms with Gasteiger partial charge in [-0.25, -0.2) is 9.59 Å². The van der Waals surface area contributed by atoms with Crippen LogP contribution in [0, 0.1) is 6.92 Å². The molecule has 1 aromatic heterocycles. The number of anilines is 1. The molecule has 2 heterocycles. The third kappa shape index (κ3) is 4.52. The van der Waals surface area contributed by atoms with E-state index in [-0.39, 0.29) is 11.6 Å². The number of rotatable bonds is 6. The van der Waals surface area contributed by atoms with Crippen molar-refractivity contribution in [3.8, 4) is 5.75 Å². The van der Waals surface area contributed by atoms with Gasteiger partial charge in [0.1, 0.15) is 11.3 Å². The van der Waals surface area contributed by atoms with Gasteiger partial charge in [-0.2, -0.15) is 0 Å². The molecule has 6 nitrogen and oxygen atoms in total. The van der Waals surface area contributed by atoms with E-state index in [0.29, 0.717) is 48.8 Å². The second-order valence-corrected chi connectivity index (χ2v) is 8.73. The van der Waals surface area contributed by atoms with Crippen LogP contribution >= 0.6 is 0 Å². The first-order chi connectivity index (χ1) is 17.0. The van der Waals surface area contributed by atoms with Crippen molar-refractivity contribution in [2.24, 2.45) is 0 Å². The molecule has 0 radical (unpaired) electrons. The van der Waals surface area contributed by atoms with E-state index in [2.05, 4.69) is 0 Å². The number of benzene rings is 3. The molecule has 35 heavy (non-hydrogen) atoms. The minimum Gasteiger partial charge on any atom is -0.473 e. The first-order valence-corrected chi connectivity index (χ1v) is 11.8. The fourth-order valence-electron chi connectivity index (χ4n) is 4.42. The Kier molecular flexibility index (Phi) is 6.27. The van der Waals surface area contributed by atoms with Crippen LogP contribution in [-0.4, -0.2) is 19.3 Å². The van der Waals surface area contributed by atoms with Crippen molar-refractivity contribution >= 4 is 22.6 Å². The Bertz CT molecular complexity index is 1420. The van der Waals surface area contributed by atoms with Gasteiger partial charge in [0.2, 0.25) is 0 Å². The Balaban J connectivity index is 1.45. The van der Waals surface area contributed by atoms with Gasteiger partial charge in [-0.1, -0.05) is 37.3 Å². The predicted octanol–water partition coefficient (Wildman–Crippen LogP) is 5.62. The Morgan fingerprint density at radius 2 is 1.80 bits per heavy atom. The molecular weight excluding hydrogens is 442 g/mol. The van der Waals surface area contributed by atoms with Crippen molar-refractivity contribution < 1.29 is 18.7 Å². The molecule has 1 aliphatic heterocycles. The maximum atomic E-state index is 13.0.